The number of aliphatic imine (C=N–C) groups is 1. The van der Waals surface area contributed by atoms with Gasteiger partial charge in [-0.1, -0.05) is 30.3 Å². The fourth-order valence-corrected chi connectivity index (χ4v) is 3.21. The number of hydrogen-bond acceptors (Lipinski definition) is 2. The molecule has 6 heteroatoms. The molecule has 2 aromatic rings. The number of amides is 1. The molecule has 0 atom stereocenters. The predicted molar refractivity (Wildman–Crippen MR) is 107 cm³/mol. The number of hydrogen-bond donors (Lipinski definition) is 2. The van der Waals surface area contributed by atoms with Crippen molar-refractivity contribution in [2.75, 3.05) is 31.1 Å². The minimum Gasteiger partial charge on any atom is -0.356 e. The van der Waals surface area contributed by atoms with Gasteiger partial charge in [-0.15, -0.1) is 0 Å². The molecule has 0 saturated heterocycles. The van der Waals surface area contributed by atoms with Crippen LogP contribution in [0.4, 0.5) is 10.1 Å². The lowest BCUT2D eigenvalue weighted by atomic mass is 10.1. The molecule has 2 aromatic carbocycles. The zero-order valence-corrected chi connectivity index (χ0v) is 15.5. The normalized spacial score (nSPS) is 13.4. The Labute approximate surface area is 159 Å². The number of benzene rings is 2. The van der Waals surface area contributed by atoms with E-state index in [9.17, 15) is 9.18 Å². The van der Waals surface area contributed by atoms with E-state index in [1.165, 1.54) is 23.4 Å². The smallest absolute Gasteiger partial charge is 0.224 e. The van der Waals surface area contributed by atoms with E-state index in [0.717, 1.165) is 25.5 Å². The van der Waals surface area contributed by atoms with Gasteiger partial charge >= 0.3 is 0 Å². The van der Waals surface area contributed by atoms with Crippen molar-refractivity contribution >= 4 is 17.6 Å². The van der Waals surface area contributed by atoms with E-state index in [2.05, 4.69) is 38.7 Å². The number of nitrogens with one attached hydrogen (secondary N) is 2. The van der Waals surface area contributed by atoms with Crippen LogP contribution in [-0.2, 0) is 17.6 Å². The van der Waals surface area contributed by atoms with Crippen LogP contribution < -0.4 is 15.5 Å². The first-order valence-corrected chi connectivity index (χ1v) is 9.32. The average Bonchev–Trinajstić information content (AvgIpc) is 3.08. The summed E-state index contributed by atoms with van der Waals surface area (Å²) in [4.78, 5) is 18.8. The quantitative estimate of drug-likeness (QED) is 0.468. The zero-order chi connectivity index (χ0) is 19.1. The first-order valence-electron chi connectivity index (χ1n) is 9.32. The molecule has 0 saturated carbocycles. The van der Waals surface area contributed by atoms with E-state index in [1.807, 2.05) is 13.0 Å². The van der Waals surface area contributed by atoms with Crippen LogP contribution in [0.15, 0.2) is 53.5 Å². The van der Waals surface area contributed by atoms with E-state index in [0.29, 0.717) is 18.7 Å². The number of fused-ring (bicyclic) bond motifs is 1. The Balaban J connectivity index is 1.53. The molecule has 0 fully saturated rings. The van der Waals surface area contributed by atoms with Crippen LogP contribution in [0.1, 0.15) is 18.1 Å². The maximum atomic E-state index is 13.2. The van der Waals surface area contributed by atoms with E-state index in [1.54, 1.807) is 12.1 Å². The van der Waals surface area contributed by atoms with Crippen LogP contribution in [0.2, 0.25) is 0 Å². The van der Waals surface area contributed by atoms with Crippen molar-refractivity contribution in [2.24, 2.45) is 4.99 Å². The maximum Gasteiger partial charge on any atom is 0.224 e. The van der Waals surface area contributed by atoms with Gasteiger partial charge in [0.25, 0.3) is 0 Å². The molecular formula is C21H25FN4O. The average molecular weight is 368 g/mol. The van der Waals surface area contributed by atoms with Crippen molar-refractivity contribution in [1.29, 1.82) is 0 Å². The van der Waals surface area contributed by atoms with E-state index in [4.69, 9.17) is 0 Å². The highest BCUT2D eigenvalue weighted by Crippen LogP contribution is 2.27. The second kappa shape index (κ2) is 9.16. The van der Waals surface area contributed by atoms with Gasteiger partial charge < -0.3 is 15.5 Å². The van der Waals surface area contributed by atoms with E-state index < -0.39 is 0 Å². The summed E-state index contributed by atoms with van der Waals surface area (Å²) in [5, 5.41) is 6.16. The third kappa shape index (κ3) is 5.06. The number of rotatable bonds is 6. The highest BCUT2D eigenvalue weighted by molar-refractivity contribution is 5.98. The third-order valence-electron chi connectivity index (χ3n) is 4.43. The van der Waals surface area contributed by atoms with Crippen LogP contribution in [0.3, 0.4) is 0 Å². The van der Waals surface area contributed by atoms with Crippen LogP contribution in [0, 0.1) is 5.82 Å². The van der Waals surface area contributed by atoms with Crippen molar-refractivity contribution in [2.45, 2.75) is 19.8 Å². The minimum atomic E-state index is -0.328. The van der Waals surface area contributed by atoms with Crippen molar-refractivity contribution in [3.05, 3.63) is 65.5 Å². The summed E-state index contributed by atoms with van der Waals surface area (Å²) in [7, 11) is 0. The highest BCUT2D eigenvalue weighted by atomic mass is 19.1. The number of para-hydroxylation sites is 1. The number of nitrogens with zero attached hydrogens (tertiary/aromatic N) is 2. The summed E-state index contributed by atoms with van der Waals surface area (Å²) in [5.41, 5.74) is 3.18. The molecule has 27 heavy (non-hydrogen) atoms. The van der Waals surface area contributed by atoms with E-state index in [-0.39, 0.29) is 18.1 Å². The van der Waals surface area contributed by atoms with Gasteiger partial charge in [-0.25, -0.2) is 4.39 Å². The molecule has 3 rings (SSSR count). The second-order valence-corrected chi connectivity index (χ2v) is 6.42. The summed E-state index contributed by atoms with van der Waals surface area (Å²) in [6.07, 6.45) is 1.17. The number of halogens is 1. The molecule has 0 bridgehead atoms. The predicted octanol–water partition coefficient (Wildman–Crippen LogP) is 2.51. The molecule has 1 aliphatic rings. The monoisotopic (exact) mass is 368 g/mol. The number of carbonyl (C=O) groups excluding carboxylic acids is 1. The number of anilines is 1. The minimum absolute atomic E-state index is 0.132. The van der Waals surface area contributed by atoms with Gasteiger partial charge in [0.1, 0.15) is 5.82 Å². The Morgan fingerprint density at radius 3 is 2.85 bits per heavy atom. The van der Waals surface area contributed by atoms with Crippen molar-refractivity contribution in [3.8, 4) is 0 Å². The summed E-state index contributed by atoms with van der Waals surface area (Å²) < 4.78 is 13.2. The van der Waals surface area contributed by atoms with Crippen LogP contribution in [0.5, 0.6) is 0 Å². The summed E-state index contributed by atoms with van der Waals surface area (Å²) >= 11 is 0. The highest BCUT2D eigenvalue weighted by Gasteiger charge is 2.22. The molecule has 1 amide bonds. The molecule has 2 N–H and O–H groups in total. The molecule has 142 valence electrons. The van der Waals surface area contributed by atoms with Gasteiger partial charge in [-0.05, 0) is 42.7 Å². The Hall–Kier alpha value is -2.89. The van der Waals surface area contributed by atoms with Crippen molar-refractivity contribution in [3.63, 3.8) is 0 Å². The molecule has 0 aromatic heterocycles. The van der Waals surface area contributed by atoms with Gasteiger partial charge in [-0.2, -0.15) is 0 Å². The number of carbonyl (C=O) groups is 1. The Bertz CT molecular complexity index is 821. The van der Waals surface area contributed by atoms with Gasteiger partial charge in [0.05, 0.1) is 13.0 Å². The standard InChI is InChI=1S/C21H25FN4O/c1-2-23-21(26-13-10-17-7-3-4-9-19(17)26)25-12-11-24-20(27)15-16-6-5-8-18(22)14-16/h3-9,14H,2,10-13,15H2,1H3,(H,23,25)(H,24,27). The second-order valence-electron chi connectivity index (χ2n) is 6.42. The van der Waals surface area contributed by atoms with Crippen LogP contribution in [-0.4, -0.2) is 38.0 Å². The first-order chi connectivity index (χ1) is 13.2. The Morgan fingerprint density at radius 1 is 1.19 bits per heavy atom. The molecule has 5 nitrogen and oxygen atoms in total. The summed E-state index contributed by atoms with van der Waals surface area (Å²) in [5.74, 6) is 0.375. The zero-order valence-electron chi connectivity index (χ0n) is 15.5. The van der Waals surface area contributed by atoms with Gasteiger partial charge in [-0.3, -0.25) is 9.79 Å². The molecule has 0 radical (unpaired) electrons. The first kappa shape index (κ1) is 18.9. The molecule has 1 aliphatic heterocycles. The maximum absolute atomic E-state index is 13.2. The van der Waals surface area contributed by atoms with Crippen molar-refractivity contribution in [1.82, 2.24) is 10.6 Å². The van der Waals surface area contributed by atoms with Crippen LogP contribution in [0.25, 0.3) is 0 Å². The SMILES string of the molecule is CCNC(=NCCNC(=O)Cc1cccc(F)c1)N1CCc2ccccc21. The lowest BCUT2D eigenvalue weighted by Gasteiger charge is -2.22. The third-order valence-corrected chi connectivity index (χ3v) is 4.43. The molecular weight excluding hydrogens is 343 g/mol. The Morgan fingerprint density at radius 2 is 2.04 bits per heavy atom. The van der Waals surface area contributed by atoms with Gasteiger partial charge in [0, 0.05) is 25.3 Å². The van der Waals surface area contributed by atoms with Gasteiger partial charge in [0.15, 0.2) is 5.96 Å². The largest absolute Gasteiger partial charge is 0.356 e. The molecule has 0 aliphatic carbocycles. The lowest BCUT2D eigenvalue weighted by Crippen LogP contribution is -2.41. The van der Waals surface area contributed by atoms with Crippen molar-refractivity contribution < 1.29 is 9.18 Å². The summed E-state index contributed by atoms with van der Waals surface area (Å²) in [6, 6.07) is 14.4. The van der Waals surface area contributed by atoms with E-state index >= 15 is 0 Å². The fraction of sp³-hybridized carbons (Fsp3) is 0.333. The molecule has 0 spiro atoms. The molecule has 0 unspecified atom stereocenters. The lowest BCUT2D eigenvalue weighted by molar-refractivity contribution is -0.120. The number of guanidine groups is 1. The fourth-order valence-electron chi connectivity index (χ4n) is 3.21. The summed E-state index contributed by atoms with van der Waals surface area (Å²) in [6.45, 7) is 4.65. The van der Waals surface area contributed by atoms with Gasteiger partial charge in [0.2, 0.25) is 5.91 Å². The van der Waals surface area contributed by atoms with Crippen LogP contribution >= 0.6 is 0 Å². The Kier molecular flexibility index (Phi) is 6.41. The topological polar surface area (TPSA) is 56.7 Å². The molecule has 1 heterocycles.